The van der Waals surface area contributed by atoms with Gasteiger partial charge >= 0.3 is 0 Å². The molecule has 0 radical (unpaired) electrons. The number of benzene rings is 1. The van der Waals surface area contributed by atoms with Crippen molar-refractivity contribution in [1.29, 1.82) is 0 Å². The van der Waals surface area contributed by atoms with Gasteiger partial charge in [0, 0.05) is 43.7 Å². The van der Waals surface area contributed by atoms with E-state index in [0.717, 1.165) is 49.6 Å². The molecule has 1 aliphatic rings. The second-order valence-electron chi connectivity index (χ2n) is 7.18. The van der Waals surface area contributed by atoms with Crippen molar-refractivity contribution in [3.8, 4) is 11.5 Å². The van der Waals surface area contributed by atoms with E-state index in [1.165, 1.54) is 16.9 Å². The molecule has 3 aromatic rings. The molecule has 0 unspecified atom stereocenters. The van der Waals surface area contributed by atoms with Gasteiger partial charge in [-0.2, -0.15) is 0 Å². The maximum atomic E-state index is 12.5. The number of thiazole rings is 1. The predicted octanol–water partition coefficient (Wildman–Crippen LogP) is 3.76. The van der Waals surface area contributed by atoms with Gasteiger partial charge in [-0.3, -0.25) is 9.69 Å². The van der Waals surface area contributed by atoms with Crippen LogP contribution in [0.4, 0.5) is 0 Å². The van der Waals surface area contributed by atoms with Gasteiger partial charge in [-0.15, -0.1) is 11.3 Å². The van der Waals surface area contributed by atoms with Gasteiger partial charge < -0.3 is 9.32 Å². The zero-order valence-corrected chi connectivity index (χ0v) is 17.0. The Kier molecular flexibility index (Phi) is 5.54. The minimum atomic E-state index is 0.0300. The van der Waals surface area contributed by atoms with E-state index < -0.39 is 0 Å². The maximum absolute atomic E-state index is 12.5. The third kappa shape index (κ3) is 4.15. The third-order valence-corrected chi connectivity index (χ3v) is 5.68. The largest absolute Gasteiger partial charge is 0.441 e. The van der Waals surface area contributed by atoms with E-state index in [9.17, 15) is 4.79 Å². The molecule has 1 fully saturated rings. The first-order valence-electron chi connectivity index (χ1n) is 9.53. The number of amides is 1. The first-order chi connectivity index (χ1) is 13.6. The fourth-order valence-corrected chi connectivity index (χ4v) is 3.94. The van der Waals surface area contributed by atoms with Crippen LogP contribution in [0, 0.1) is 13.8 Å². The van der Waals surface area contributed by atoms with Crippen molar-refractivity contribution in [2.24, 2.45) is 0 Å². The molecule has 146 valence electrons. The number of hydrogen-bond donors (Lipinski definition) is 0. The second-order valence-corrected chi connectivity index (χ2v) is 7.90. The van der Waals surface area contributed by atoms with E-state index in [2.05, 4.69) is 28.9 Å². The lowest BCUT2D eigenvalue weighted by atomic mass is 10.1. The summed E-state index contributed by atoms with van der Waals surface area (Å²) in [5.74, 6) is 1.56. The highest BCUT2D eigenvalue weighted by atomic mass is 32.1. The molecule has 1 saturated heterocycles. The average Bonchev–Trinajstić information content (AvgIpc) is 3.28. The summed E-state index contributed by atoms with van der Waals surface area (Å²) in [5, 5.41) is 1.82. The molecule has 2 aromatic heterocycles. The number of hydrogen-bond acceptors (Lipinski definition) is 6. The van der Waals surface area contributed by atoms with E-state index in [0.29, 0.717) is 18.1 Å². The van der Waals surface area contributed by atoms with Crippen LogP contribution in [0.5, 0.6) is 0 Å². The topological polar surface area (TPSA) is 62.5 Å². The zero-order valence-electron chi connectivity index (χ0n) is 16.2. The minimum absolute atomic E-state index is 0.0300. The van der Waals surface area contributed by atoms with Crippen LogP contribution in [0.1, 0.15) is 33.9 Å². The summed E-state index contributed by atoms with van der Waals surface area (Å²) < 4.78 is 5.91. The van der Waals surface area contributed by atoms with Gasteiger partial charge in [-0.25, -0.2) is 9.97 Å². The number of nitrogens with zero attached hydrogens (tertiary/aromatic N) is 4. The smallest absolute Gasteiger partial charge is 0.273 e. The van der Waals surface area contributed by atoms with E-state index >= 15 is 0 Å². The van der Waals surface area contributed by atoms with E-state index in [-0.39, 0.29) is 5.91 Å². The van der Waals surface area contributed by atoms with Gasteiger partial charge in [0.1, 0.15) is 11.5 Å². The first kappa shape index (κ1) is 18.8. The average molecular weight is 397 g/mol. The summed E-state index contributed by atoms with van der Waals surface area (Å²) in [6.45, 7) is 8.00. The van der Waals surface area contributed by atoms with Crippen LogP contribution < -0.4 is 0 Å². The lowest BCUT2D eigenvalue weighted by Gasteiger charge is -2.20. The standard InChI is InChI=1S/C21H24N4O2S/c1-15-4-6-17(7-5-15)20-23-18(16(2)27-20)12-24-8-3-9-25(11-10-24)21(26)19-13-28-14-22-19/h4-7,13-14H,3,8-12H2,1-2H3. The predicted molar refractivity (Wildman–Crippen MR) is 109 cm³/mol. The summed E-state index contributed by atoms with van der Waals surface area (Å²) in [7, 11) is 0. The molecular formula is C21H24N4O2S. The lowest BCUT2D eigenvalue weighted by molar-refractivity contribution is 0.0756. The summed E-state index contributed by atoms with van der Waals surface area (Å²) in [4.78, 5) is 25.7. The van der Waals surface area contributed by atoms with Crippen LogP contribution in [0.2, 0.25) is 0 Å². The fourth-order valence-electron chi connectivity index (χ4n) is 3.42. The molecule has 4 rings (SSSR count). The van der Waals surface area contributed by atoms with Crippen LogP contribution in [-0.4, -0.2) is 51.9 Å². The zero-order chi connectivity index (χ0) is 19.5. The quantitative estimate of drug-likeness (QED) is 0.672. The van der Waals surface area contributed by atoms with Crippen molar-refractivity contribution in [3.05, 3.63) is 57.9 Å². The van der Waals surface area contributed by atoms with E-state index in [4.69, 9.17) is 9.40 Å². The highest BCUT2D eigenvalue weighted by Gasteiger charge is 2.22. The summed E-state index contributed by atoms with van der Waals surface area (Å²) in [5.41, 5.74) is 5.43. The first-order valence-corrected chi connectivity index (χ1v) is 10.5. The van der Waals surface area contributed by atoms with Crippen molar-refractivity contribution in [3.63, 3.8) is 0 Å². The monoisotopic (exact) mass is 396 g/mol. The highest BCUT2D eigenvalue weighted by molar-refractivity contribution is 7.07. The Labute approximate surface area is 168 Å². The molecule has 1 aliphatic heterocycles. The summed E-state index contributed by atoms with van der Waals surface area (Å²) in [6, 6.07) is 8.21. The Hall–Kier alpha value is -2.51. The SMILES string of the molecule is Cc1ccc(-c2nc(CN3CCCN(C(=O)c4cscn4)CC3)c(C)o2)cc1. The summed E-state index contributed by atoms with van der Waals surface area (Å²) >= 11 is 1.45. The fraction of sp³-hybridized carbons (Fsp3) is 0.381. The second kappa shape index (κ2) is 8.24. The number of carbonyl (C=O) groups is 1. The lowest BCUT2D eigenvalue weighted by Crippen LogP contribution is -2.35. The molecule has 0 N–H and O–H groups in total. The van der Waals surface area contributed by atoms with Crippen LogP contribution in [0.15, 0.2) is 39.6 Å². The van der Waals surface area contributed by atoms with Gasteiger partial charge in [0.15, 0.2) is 0 Å². The minimum Gasteiger partial charge on any atom is -0.441 e. The number of aryl methyl sites for hydroxylation is 2. The summed E-state index contributed by atoms with van der Waals surface area (Å²) in [6.07, 6.45) is 0.942. The van der Waals surface area contributed by atoms with Crippen LogP contribution in [0.3, 0.4) is 0 Å². The molecule has 0 aliphatic carbocycles. The molecular weight excluding hydrogens is 372 g/mol. The van der Waals surface area contributed by atoms with Crippen LogP contribution >= 0.6 is 11.3 Å². The Morgan fingerprint density at radius 2 is 1.96 bits per heavy atom. The highest BCUT2D eigenvalue weighted by Crippen LogP contribution is 2.23. The number of carbonyl (C=O) groups excluding carboxylic acids is 1. The Balaban J connectivity index is 1.41. The van der Waals surface area contributed by atoms with Crippen molar-refractivity contribution in [2.45, 2.75) is 26.8 Å². The number of aromatic nitrogens is 2. The molecule has 1 aromatic carbocycles. The molecule has 3 heterocycles. The van der Waals surface area contributed by atoms with Crippen LogP contribution in [0.25, 0.3) is 11.5 Å². The molecule has 0 spiro atoms. The van der Waals surface area contributed by atoms with Gasteiger partial charge in [0.25, 0.3) is 5.91 Å². The van der Waals surface area contributed by atoms with Crippen molar-refractivity contribution in [1.82, 2.24) is 19.8 Å². The molecule has 0 bridgehead atoms. The van der Waals surface area contributed by atoms with Crippen molar-refractivity contribution in [2.75, 3.05) is 26.2 Å². The Morgan fingerprint density at radius 3 is 2.71 bits per heavy atom. The van der Waals surface area contributed by atoms with E-state index in [1.54, 1.807) is 5.51 Å². The van der Waals surface area contributed by atoms with E-state index in [1.807, 2.05) is 29.3 Å². The Morgan fingerprint density at radius 1 is 1.14 bits per heavy atom. The van der Waals surface area contributed by atoms with Crippen LogP contribution in [-0.2, 0) is 6.54 Å². The van der Waals surface area contributed by atoms with Crippen molar-refractivity contribution >= 4 is 17.2 Å². The molecule has 28 heavy (non-hydrogen) atoms. The van der Waals surface area contributed by atoms with Gasteiger partial charge in [0.2, 0.25) is 5.89 Å². The molecule has 6 nitrogen and oxygen atoms in total. The Bertz CT molecular complexity index is 934. The third-order valence-electron chi connectivity index (χ3n) is 5.09. The molecule has 1 amide bonds. The molecule has 0 atom stereocenters. The number of rotatable bonds is 4. The molecule has 0 saturated carbocycles. The van der Waals surface area contributed by atoms with Gasteiger partial charge in [0.05, 0.1) is 11.2 Å². The molecule has 7 heteroatoms. The van der Waals surface area contributed by atoms with Gasteiger partial charge in [-0.1, -0.05) is 17.7 Å². The normalized spacial score (nSPS) is 15.6. The maximum Gasteiger partial charge on any atom is 0.273 e. The van der Waals surface area contributed by atoms with Crippen molar-refractivity contribution < 1.29 is 9.21 Å². The van der Waals surface area contributed by atoms with Gasteiger partial charge in [-0.05, 0) is 32.4 Å². The number of oxazole rings is 1.